The molecule has 0 unspecified atom stereocenters. The summed E-state index contributed by atoms with van der Waals surface area (Å²) >= 11 is 1.72. The van der Waals surface area contributed by atoms with E-state index in [2.05, 4.69) is 82.3 Å². The summed E-state index contributed by atoms with van der Waals surface area (Å²) in [7, 11) is 1.34. The first-order chi connectivity index (χ1) is 19.9. The van der Waals surface area contributed by atoms with Crippen LogP contribution < -0.4 is 9.47 Å². The van der Waals surface area contributed by atoms with E-state index in [1.54, 1.807) is 17.8 Å². The van der Waals surface area contributed by atoms with E-state index in [-0.39, 0.29) is 12.7 Å². The molecule has 214 valence electrons. The van der Waals surface area contributed by atoms with Gasteiger partial charge in [0.15, 0.2) is 6.61 Å². The topological polar surface area (TPSA) is 68.2 Å². The summed E-state index contributed by atoms with van der Waals surface area (Å²) in [5.74, 6) is 7.47. The lowest BCUT2D eigenvalue weighted by Gasteiger charge is -2.27. The number of aliphatic hydroxyl groups is 1. The summed E-state index contributed by atoms with van der Waals surface area (Å²) in [5, 5.41) is 9.69. The van der Waals surface area contributed by atoms with Crippen LogP contribution in [0.3, 0.4) is 0 Å². The molecule has 0 bridgehead atoms. The lowest BCUT2D eigenvalue weighted by Crippen LogP contribution is -2.35. The maximum atomic E-state index is 11.4. The maximum absolute atomic E-state index is 11.4. The normalized spacial score (nSPS) is 14.2. The van der Waals surface area contributed by atoms with Gasteiger partial charge in [0.25, 0.3) is 0 Å². The molecule has 1 aliphatic heterocycles. The van der Waals surface area contributed by atoms with Gasteiger partial charge < -0.3 is 19.3 Å². The number of nitrogens with zero attached hydrogens (tertiary/aromatic N) is 1. The number of carbonyl (C=O) groups excluding carboxylic acids is 1. The second-order valence-electron chi connectivity index (χ2n) is 9.84. The van der Waals surface area contributed by atoms with Crippen molar-refractivity contribution in [2.24, 2.45) is 0 Å². The molecule has 0 saturated carbocycles. The Hall–Kier alpha value is -3.70. The molecule has 4 rings (SSSR count). The van der Waals surface area contributed by atoms with Gasteiger partial charge in [0.1, 0.15) is 18.1 Å². The minimum atomic E-state index is -0.424. The highest BCUT2D eigenvalue weighted by atomic mass is 32.2. The second kappa shape index (κ2) is 15.3. The van der Waals surface area contributed by atoms with Crippen molar-refractivity contribution in [1.29, 1.82) is 0 Å². The minimum absolute atomic E-state index is 0.132. The Labute approximate surface area is 247 Å². The molecule has 0 amide bonds. The van der Waals surface area contributed by atoms with E-state index in [0.717, 1.165) is 66.1 Å². The predicted molar refractivity (Wildman–Crippen MR) is 164 cm³/mol. The molecule has 0 atom stereocenters. The van der Waals surface area contributed by atoms with E-state index in [4.69, 9.17) is 9.47 Å². The smallest absolute Gasteiger partial charge is 0.343 e. The third-order valence-corrected chi connectivity index (χ3v) is 7.69. The van der Waals surface area contributed by atoms with Crippen LogP contribution in [-0.4, -0.2) is 68.3 Å². The summed E-state index contributed by atoms with van der Waals surface area (Å²) in [6.07, 6.45) is 5.64. The Balaban J connectivity index is 1.45. The summed E-state index contributed by atoms with van der Waals surface area (Å²) in [6, 6.07) is 22.4. The molecular weight excluding hydrogens is 534 g/mol. The Morgan fingerprint density at radius 1 is 1.02 bits per heavy atom. The Kier molecular flexibility index (Phi) is 11.3. The molecule has 1 fully saturated rings. The van der Waals surface area contributed by atoms with Crippen molar-refractivity contribution < 1.29 is 24.1 Å². The van der Waals surface area contributed by atoms with Crippen LogP contribution in [-0.2, 0) is 9.53 Å². The zero-order valence-corrected chi connectivity index (χ0v) is 24.7. The molecular formula is C34H37NO5S. The van der Waals surface area contributed by atoms with Crippen LogP contribution in [0.15, 0.2) is 77.7 Å². The number of hydrogen-bond donors (Lipinski definition) is 1. The fourth-order valence-electron chi connectivity index (χ4n) is 4.53. The first kappa shape index (κ1) is 30.3. The van der Waals surface area contributed by atoms with Crippen molar-refractivity contribution in [3.63, 3.8) is 0 Å². The Bertz CT molecular complexity index is 1380. The van der Waals surface area contributed by atoms with E-state index in [9.17, 15) is 9.90 Å². The van der Waals surface area contributed by atoms with Gasteiger partial charge in [-0.05, 0) is 96.8 Å². The van der Waals surface area contributed by atoms with E-state index >= 15 is 0 Å². The fraction of sp³-hybridized carbons (Fsp3) is 0.324. The van der Waals surface area contributed by atoms with Crippen molar-refractivity contribution >= 4 is 23.3 Å². The highest BCUT2D eigenvalue weighted by molar-refractivity contribution is 7.98. The molecule has 6 nitrogen and oxygen atoms in total. The second-order valence-corrected chi connectivity index (χ2v) is 10.7. The molecule has 1 N–H and O–H groups in total. The van der Waals surface area contributed by atoms with Crippen molar-refractivity contribution in [1.82, 2.24) is 4.90 Å². The van der Waals surface area contributed by atoms with Crippen LogP contribution in [0, 0.1) is 18.8 Å². The molecule has 0 aromatic heterocycles. The number of ether oxygens (including phenoxy) is 3. The first-order valence-electron chi connectivity index (χ1n) is 13.7. The number of likely N-dealkylation sites (tertiary alicyclic amines) is 1. The van der Waals surface area contributed by atoms with Crippen molar-refractivity contribution in [3.05, 3.63) is 95.1 Å². The van der Waals surface area contributed by atoms with Gasteiger partial charge in [0.2, 0.25) is 0 Å². The van der Waals surface area contributed by atoms with Crippen LogP contribution in [0.4, 0.5) is 0 Å². The number of aryl methyl sites for hydroxylation is 1. The SMILES string of the molecule is COC(=O)COc1ccc(OC/C=C(\c2ccc(C#CCN3CCC(O)CC3)cc2)c2ccc(SC)cc2)cc1C. The van der Waals surface area contributed by atoms with Gasteiger partial charge in [-0.2, -0.15) is 0 Å². The molecule has 3 aromatic rings. The number of thioether (sulfide) groups is 1. The molecule has 41 heavy (non-hydrogen) atoms. The highest BCUT2D eigenvalue weighted by Crippen LogP contribution is 2.27. The van der Waals surface area contributed by atoms with Crippen molar-refractivity contribution in [2.75, 3.05) is 46.2 Å². The maximum Gasteiger partial charge on any atom is 0.343 e. The molecule has 0 aliphatic carbocycles. The molecule has 1 heterocycles. The quantitative estimate of drug-likeness (QED) is 0.193. The van der Waals surface area contributed by atoms with Gasteiger partial charge in [-0.3, -0.25) is 4.90 Å². The van der Waals surface area contributed by atoms with Crippen LogP contribution in [0.25, 0.3) is 5.57 Å². The van der Waals surface area contributed by atoms with Gasteiger partial charge in [-0.15, -0.1) is 11.8 Å². The van der Waals surface area contributed by atoms with Crippen molar-refractivity contribution in [3.8, 4) is 23.3 Å². The predicted octanol–water partition coefficient (Wildman–Crippen LogP) is 5.59. The summed E-state index contributed by atoms with van der Waals surface area (Å²) in [6.45, 7) is 4.67. The standard InChI is InChI=1S/C34H37NO5S/c1-25-23-30(12-15-33(25)40-24-34(37)38-2)39-22-18-32(28-10-13-31(41-3)14-11-28)27-8-6-26(7-9-27)5-4-19-35-20-16-29(36)17-21-35/h6-15,18,23,29,36H,16-17,19-22,24H2,1-3H3/b32-18+. The molecule has 7 heteroatoms. The number of methoxy groups -OCH3 is 1. The van der Waals surface area contributed by atoms with Gasteiger partial charge >= 0.3 is 5.97 Å². The van der Waals surface area contributed by atoms with Crippen molar-refractivity contribution in [2.45, 2.75) is 30.8 Å². The van der Waals surface area contributed by atoms with E-state index in [1.165, 1.54) is 12.0 Å². The van der Waals surface area contributed by atoms with Gasteiger partial charge in [0.05, 0.1) is 19.8 Å². The van der Waals surface area contributed by atoms with Crippen LogP contribution >= 0.6 is 11.8 Å². The molecule has 0 spiro atoms. The van der Waals surface area contributed by atoms with E-state index < -0.39 is 5.97 Å². The van der Waals surface area contributed by atoms with E-state index in [0.29, 0.717) is 12.4 Å². The van der Waals surface area contributed by atoms with Crippen LogP contribution in [0.2, 0.25) is 0 Å². The lowest BCUT2D eigenvalue weighted by atomic mass is 9.97. The molecule has 1 saturated heterocycles. The fourth-order valence-corrected chi connectivity index (χ4v) is 4.94. The lowest BCUT2D eigenvalue weighted by molar-refractivity contribution is -0.142. The summed E-state index contributed by atoms with van der Waals surface area (Å²) < 4.78 is 16.2. The number of aliphatic hydroxyl groups excluding tert-OH is 1. The van der Waals surface area contributed by atoms with Gasteiger partial charge in [-0.25, -0.2) is 4.79 Å². The third kappa shape index (κ3) is 9.15. The highest BCUT2D eigenvalue weighted by Gasteiger charge is 2.15. The number of rotatable bonds is 10. The Morgan fingerprint density at radius 3 is 2.34 bits per heavy atom. The summed E-state index contributed by atoms with van der Waals surface area (Å²) in [4.78, 5) is 14.9. The largest absolute Gasteiger partial charge is 0.489 e. The monoisotopic (exact) mass is 571 g/mol. The van der Waals surface area contributed by atoms with Crippen LogP contribution in [0.1, 0.15) is 35.1 Å². The van der Waals surface area contributed by atoms with E-state index in [1.807, 2.05) is 19.1 Å². The zero-order chi connectivity index (χ0) is 29.0. The minimum Gasteiger partial charge on any atom is -0.489 e. The first-order valence-corrected chi connectivity index (χ1v) is 14.9. The number of hydrogen-bond acceptors (Lipinski definition) is 7. The zero-order valence-electron chi connectivity index (χ0n) is 23.9. The number of piperidine rings is 1. The average Bonchev–Trinajstić information content (AvgIpc) is 3.00. The number of esters is 1. The molecule has 1 aliphatic rings. The molecule has 0 radical (unpaired) electrons. The van der Waals surface area contributed by atoms with Crippen LogP contribution in [0.5, 0.6) is 11.5 Å². The third-order valence-electron chi connectivity index (χ3n) is 6.95. The molecule has 3 aromatic carbocycles. The average molecular weight is 572 g/mol. The van der Waals surface area contributed by atoms with Gasteiger partial charge in [-0.1, -0.05) is 36.1 Å². The number of carbonyl (C=O) groups is 1. The number of benzene rings is 3. The Morgan fingerprint density at radius 2 is 1.71 bits per heavy atom. The summed E-state index contributed by atoms with van der Waals surface area (Å²) in [5.41, 5.74) is 5.13. The van der Waals surface area contributed by atoms with Gasteiger partial charge in [0, 0.05) is 23.5 Å².